The highest BCUT2D eigenvalue weighted by Crippen LogP contribution is 2.18. The molecule has 7 heteroatoms. The quantitative estimate of drug-likeness (QED) is 0.582. The number of carboxylic acids is 1. The van der Waals surface area contributed by atoms with E-state index in [1.165, 1.54) is 0 Å². The van der Waals surface area contributed by atoms with Gasteiger partial charge in [0.25, 0.3) is 5.91 Å². The predicted molar refractivity (Wildman–Crippen MR) is 70.4 cm³/mol. The molecule has 0 bridgehead atoms. The van der Waals surface area contributed by atoms with Crippen molar-refractivity contribution in [2.45, 2.75) is 20.0 Å². The van der Waals surface area contributed by atoms with Gasteiger partial charge in [0.2, 0.25) is 5.91 Å². The summed E-state index contributed by atoms with van der Waals surface area (Å²) in [5, 5.41) is 20.7. The Kier molecular flexibility index (Phi) is 4.82. The Morgan fingerprint density at radius 1 is 1.20 bits per heavy atom. The molecule has 0 aliphatic carbocycles. The molecule has 1 aromatic rings. The maximum absolute atomic E-state index is 12.0. The summed E-state index contributed by atoms with van der Waals surface area (Å²) in [6.07, 6.45) is -1.52. The minimum atomic E-state index is -1.52. The van der Waals surface area contributed by atoms with Crippen LogP contribution < -0.4 is 11.1 Å². The number of hydrogen-bond acceptors (Lipinski definition) is 4. The summed E-state index contributed by atoms with van der Waals surface area (Å²) < 4.78 is 0. The normalized spacial score (nSPS) is 11.8. The number of aromatic carboxylic acids is 1. The van der Waals surface area contributed by atoms with Crippen LogP contribution in [0.4, 0.5) is 0 Å². The second kappa shape index (κ2) is 6.16. The first kappa shape index (κ1) is 15.6. The number of aliphatic hydroxyl groups is 1. The summed E-state index contributed by atoms with van der Waals surface area (Å²) in [7, 11) is 0. The summed E-state index contributed by atoms with van der Waals surface area (Å²) in [5.74, 6) is -2.86. The van der Waals surface area contributed by atoms with E-state index in [0.29, 0.717) is 11.1 Å². The van der Waals surface area contributed by atoms with Crippen LogP contribution in [0.5, 0.6) is 0 Å². The zero-order valence-electron chi connectivity index (χ0n) is 11.1. The third-order valence-electron chi connectivity index (χ3n) is 2.85. The van der Waals surface area contributed by atoms with Crippen molar-refractivity contribution in [1.82, 2.24) is 5.32 Å². The molecular weight excluding hydrogens is 264 g/mol. The number of nitrogens with two attached hydrogens (primary N) is 1. The smallest absolute Gasteiger partial charge is 0.336 e. The molecule has 108 valence electrons. The second-order valence-electron chi connectivity index (χ2n) is 4.38. The number of nitrogens with one attached hydrogen (secondary N) is 1. The lowest BCUT2D eigenvalue weighted by Crippen LogP contribution is -2.40. The van der Waals surface area contributed by atoms with Gasteiger partial charge in [0, 0.05) is 0 Å². The van der Waals surface area contributed by atoms with E-state index >= 15 is 0 Å². The first-order valence-electron chi connectivity index (χ1n) is 5.84. The van der Waals surface area contributed by atoms with E-state index < -0.39 is 23.9 Å². The number of amides is 2. The van der Waals surface area contributed by atoms with E-state index in [2.05, 4.69) is 5.32 Å². The van der Waals surface area contributed by atoms with E-state index in [9.17, 15) is 24.6 Å². The Hall–Kier alpha value is -2.41. The molecule has 1 rings (SSSR count). The molecular formula is C13H16N2O5. The Balaban J connectivity index is 3.07. The summed E-state index contributed by atoms with van der Waals surface area (Å²) in [6, 6.07) is 3.23. The van der Waals surface area contributed by atoms with Crippen molar-refractivity contribution in [2.24, 2.45) is 5.73 Å². The monoisotopic (exact) mass is 280 g/mol. The minimum Gasteiger partial charge on any atom is -0.478 e. The third kappa shape index (κ3) is 3.33. The molecule has 0 aliphatic rings. The zero-order chi connectivity index (χ0) is 15.4. The minimum absolute atomic E-state index is 0.00849. The Morgan fingerprint density at radius 3 is 2.15 bits per heavy atom. The Labute approximate surface area is 115 Å². The highest BCUT2D eigenvalue weighted by molar-refractivity contribution is 6.06. The van der Waals surface area contributed by atoms with Gasteiger partial charge in [-0.1, -0.05) is 12.1 Å². The summed E-state index contributed by atoms with van der Waals surface area (Å²) in [6.45, 7) is 2.81. The largest absolute Gasteiger partial charge is 0.478 e. The maximum atomic E-state index is 12.0. The first-order chi connectivity index (χ1) is 9.25. The van der Waals surface area contributed by atoms with E-state index in [-0.39, 0.29) is 17.7 Å². The molecule has 0 fully saturated rings. The van der Waals surface area contributed by atoms with Gasteiger partial charge in [-0.25, -0.2) is 4.79 Å². The van der Waals surface area contributed by atoms with Crippen LogP contribution in [0, 0.1) is 13.8 Å². The molecule has 1 atom stereocenters. The summed E-state index contributed by atoms with van der Waals surface area (Å²) >= 11 is 0. The number of aryl methyl sites for hydroxylation is 2. The molecule has 0 heterocycles. The van der Waals surface area contributed by atoms with Gasteiger partial charge in [-0.3, -0.25) is 9.59 Å². The molecule has 0 saturated carbocycles. The van der Waals surface area contributed by atoms with Gasteiger partial charge in [0.15, 0.2) is 0 Å². The van der Waals surface area contributed by atoms with Gasteiger partial charge in [-0.15, -0.1) is 0 Å². The number of aliphatic hydroxyl groups excluding tert-OH is 1. The van der Waals surface area contributed by atoms with Crippen molar-refractivity contribution in [2.75, 3.05) is 6.54 Å². The number of carbonyl (C=O) groups excluding carboxylic acids is 2. The molecule has 1 unspecified atom stereocenters. The van der Waals surface area contributed by atoms with Gasteiger partial charge in [0.1, 0.15) is 6.10 Å². The molecule has 2 amide bonds. The fraction of sp³-hybridized carbons (Fsp3) is 0.308. The number of hydrogen-bond donors (Lipinski definition) is 4. The third-order valence-corrected chi connectivity index (χ3v) is 2.85. The second-order valence-corrected chi connectivity index (χ2v) is 4.38. The lowest BCUT2D eigenvalue weighted by molar-refractivity contribution is -0.125. The van der Waals surface area contributed by atoms with Crippen molar-refractivity contribution in [3.8, 4) is 0 Å². The first-order valence-corrected chi connectivity index (χ1v) is 5.84. The average molecular weight is 280 g/mol. The fourth-order valence-corrected chi connectivity index (χ4v) is 1.76. The standard InChI is InChI=1S/C13H16N2O5/c1-6-3-4-7(2)10(13(19)20)9(6)12(18)15-5-8(16)11(14)17/h3-4,8,16H,5H2,1-2H3,(H2,14,17)(H,15,18)(H,19,20). The van der Waals surface area contributed by atoms with Crippen LogP contribution in [-0.4, -0.2) is 40.6 Å². The summed E-state index contributed by atoms with van der Waals surface area (Å²) in [4.78, 5) is 33.9. The zero-order valence-corrected chi connectivity index (χ0v) is 11.1. The maximum Gasteiger partial charge on any atom is 0.336 e. The van der Waals surface area contributed by atoms with Crippen LogP contribution in [0.1, 0.15) is 31.8 Å². The van der Waals surface area contributed by atoms with Crippen molar-refractivity contribution < 1.29 is 24.6 Å². The van der Waals surface area contributed by atoms with Crippen LogP contribution in [0.3, 0.4) is 0 Å². The lowest BCUT2D eigenvalue weighted by Gasteiger charge is -2.13. The highest BCUT2D eigenvalue weighted by atomic mass is 16.4. The van der Waals surface area contributed by atoms with Gasteiger partial charge in [-0.05, 0) is 25.0 Å². The molecule has 0 spiro atoms. The van der Waals surface area contributed by atoms with Gasteiger partial charge < -0.3 is 21.3 Å². The van der Waals surface area contributed by atoms with Crippen molar-refractivity contribution in [3.05, 3.63) is 34.4 Å². The molecule has 20 heavy (non-hydrogen) atoms. The van der Waals surface area contributed by atoms with Crippen LogP contribution in [0.25, 0.3) is 0 Å². The topological polar surface area (TPSA) is 130 Å². The Morgan fingerprint density at radius 2 is 1.70 bits per heavy atom. The van der Waals surface area contributed by atoms with E-state index in [0.717, 1.165) is 0 Å². The van der Waals surface area contributed by atoms with Crippen LogP contribution >= 0.6 is 0 Å². The number of carbonyl (C=O) groups is 3. The molecule has 0 aromatic heterocycles. The van der Waals surface area contributed by atoms with E-state index in [1.54, 1.807) is 26.0 Å². The van der Waals surface area contributed by atoms with Crippen LogP contribution in [-0.2, 0) is 4.79 Å². The van der Waals surface area contributed by atoms with Crippen molar-refractivity contribution in [1.29, 1.82) is 0 Å². The van der Waals surface area contributed by atoms with E-state index in [4.69, 9.17) is 5.73 Å². The highest BCUT2D eigenvalue weighted by Gasteiger charge is 2.22. The number of carboxylic acid groups (broad SMARTS) is 1. The number of rotatable bonds is 5. The molecule has 5 N–H and O–H groups in total. The van der Waals surface area contributed by atoms with Gasteiger partial charge in [-0.2, -0.15) is 0 Å². The Bertz CT molecular complexity index is 568. The van der Waals surface area contributed by atoms with E-state index in [1.807, 2.05) is 0 Å². The summed E-state index contributed by atoms with van der Waals surface area (Å²) in [5.41, 5.74) is 5.70. The van der Waals surface area contributed by atoms with Crippen molar-refractivity contribution in [3.63, 3.8) is 0 Å². The SMILES string of the molecule is Cc1ccc(C)c(C(=O)NCC(O)C(N)=O)c1C(=O)O. The van der Waals surface area contributed by atoms with Gasteiger partial charge in [0.05, 0.1) is 17.7 Å². The molecule has 0 aliphatic heterocycles. The molecule has 7 nitrogen and oxygen atoms in total. The average Bonchev–Trinajstić information content (AvgIpc) is 2.37. The van der Waals surface area contributed by atoms with Crippen molar-refractivity contribution >= 4 is 17.8 Å². The molecule has 1 aromatic carbocycles. The lowest BCUT2D eigenvalue weighted by atomic mass is 9.96. The fourth-order valence-electron chi connectivity index (χ4n) is 1.76. The van der Waals surface area contributed by atoms with Crippen LogP contribution in [0.15, 0.2) is 12.1 Å². The molecule has 0 radical (unpaired) electrons. The number of benzene rings is 1. The molecule has 0 saturated heterocycles. The van der Waals surface area contributed by atoms with Crippen LogP contribution in [0.2, 0.25) is 0 Å². The van der Waals surface area contributed by atoms with Gasteiger partial charge >= 0.3 is 5.97 Å². The number of primary amides is 1. The predicted octanol–water partition coefficient (Wildman–Crippen LogP) is -0.422.